The van der Waals surface area contributed by atoms with Crippen molar-refractivity contribution in [2.24, 2.45) is 0 Å². The lowest BCUT2D eigenvalue weighted by Crippen LogP contribution is -1.93. The highest BCUT2D eigenvalue weighted by Gasteiger charge is 2.04. The summed E-state index contributed by atoms with van der Waals surface area (Å²) in [5.74, 6) is 0.875. The van der Waals surface area contributed by atoms with Gasteiger partial charge in [0.25, 0.3) is 0 Å². The molecule has 0 aliphatic heterocycles. The van der Waals surface area contributed by atoms with E-state index in [1.807, 2.05) is 24.3 Å². The van der Waals surface area contributed by atoms with E-state index in [9.17, 15) is 0 Å². The molecule has 0 atom stereocenters. The number of methoxy groups -OCH3 is 1. The molecule has 94 valence electrons. The van der Waals surface area contributed by atoms with E-state index in [1.165, 1.54) is 5.56 Å². The average Bonchev–Trinajstić information content (AvgIpc) is 2.41. The summed E-state index contributed by atoms with van der Waals surface area (Å²) in [6, 6.07) is 13.8. The Kier molecular flexibility index (Phi) is 4.51. The van der Waals surface area contributed by atoms with E-state index in [-0.39, 0.29) is 0 Å². The van der Waals surface area contributed by atoms with Gasteiger partial charge in [0.1, 0.15) is 5.75 Å². The van der Waals surface area contributed by atoms with Gasteiger partial charge in [0.05, 0.1) is 17.2 Å². The zero-order valence-electron chi connectivity index (χ0n) is 10.1. The van der Waals surface area contributed by atoms with Crippen molar-refractivity contribution in [3.63, 3.8) is 0 Å². The van der Waals surface area contributed by atoms with Crippen LogP contribution in [0.4, 0.5) is 0 Å². The minimum Gasteiger partial charge on any atom is -0.497 e. The van der Waals surface area contributed by atoms with E-state index in [4.69, 9.17) is 27.9 Å². The fourth-order valence-electron chi connectivity index (χ4n) is 1.81. The fourth-order valence-corrected chi connectivity index (χ4v) is 2.23. The van der Waals surface area contributed by atoms with Crippen LogP contribution in [-0.2, 0) is 12.8 Å². The maximum atomic E-state index is 6.16. The molecule has 0 aliphatic carbocycles. The van der Waals surface area contributed by atoms with Crippen LogP contribution in [0.25, 0.3) is 0 Å². The first-order chi connectivity index (χ1) is 8.70. The number of benzene rings is 2. The molecule has 0 saturated heterocycles. The third-order valence-corrected chi connectivity index (χ3v) is 3.73. The maximum absolute atomic E-state index is 6.16. The van der Waals surface area contributed by atoms with E-state index in [1.54, 1.807) is 13.2 Å². The van der Waals surface area contributed by atoms with Crippen LogP contribution in [0, 0.1) is 0 Å². The van der Waals surface area contributed by atoms with Crippen LogP contribution >= 0.6 is 23.2 Å². The number of hydrogen-bond acceptors (Lipinski definition) is 1. The highest BCUT2D eigenvalue weighted by molar-refractivity contribution is 6.42. The smallest absolute Gasteiger partial charge is 0.118 e. The van der Waals surface area contributed by atoms with E-state index < -0.39 is 0 Å². The van der Waals surface area contributed by atoms with Gasteiger partial charge >= 0.3 is 0 Å². The summed E-state index contributed by atoms with van der Waals surface area (Å²) in [5, 5.41) is 1.27. The van der Waals surface area contributed by atoms with Gasteiger partial charge in [0.2, 0.25) is 0 Å². The molecule has 0 N–H and O–H groups in total. The monoisotopic (exact) mass is 280 g/mol. The summed E-state index contributed by atoms with van der Waals surface area (Å²) in [5.41, 5.74) is 2.34. The molecule has 0 amide bonds. The highest BCUT2D eigenvalue weighted by atomic mass is 35.5. The summed E-state index contributed by atoms with van der Waals surface area (Å²) >= 11 is 12.1. The standard InChI is InChI=1S/C15H14Cl2O/c1-18-13-9-6-11(7-10-13)5-8-12-3-2-4-14(16)15(12)17/h2-4,6-7,9-10H,5,8H2,1H3. The Morgan fingerprint density at radius 3 is 2.33 bits per heavy atom. The molecular weight excluding hydrogens is 267 g/mol. The number of hydrogen-bond donors (Lipinski definition) is 0. The lowest BCUT2D eigenvalue weighted by Gasteiger charge is -2.06. The second kappa shape index (κ2) is 6.12. The Morgan fingerprint density at radius 1 is 0.944 bits per heavy atom. The second-order valence-electron chi connectivity index (χ2n) is 4.06. The molecule has 2 rings (SSSR count). The minimum absolute atomic E-state index is 0.615. The van der Waals surface area contributed by atoms with Crippen molar-refractivity contribution in [2.75, 3.05) is 7.11 Å². The van der Waals surface area contributed by atoms with Crippen LogP contribution in [-0.4, -0.2) is 7.11 Å². The van der Waals surface area contributed by atoms with Gasteiger partial charge in [-0.05, 0) is 42.2 Å². The van der Waals surface area contributed by atoms with Crippen molar-refractivity contribution in [3.05, 3.63) is 63.6 Å². The first-order valence-corrected chi connectivity index (χ1v) is 6.52. The average molecular weight is 281 g/mol. The molecule has 0 aliphatic rings. The predicted octanol–water partition coefficient (Wildman–Crippen LogP) is 4.79. The van der Waals surface area contributed by atoms with Crippen molar-refractivity contribution in [3.8, 4) is 5.75 Å². The van der Waals surface area contributed by atoms with E-state index in [0.29, 0.717) is 10.0 Å². The largest absolute Gasteiger partial charge is 0.497 e. The molecule has 2 aromatic carbocycles. The third-order valence-electron chi connectivity index (χ3n) is 2.87. The lowest BCUT2D eigenvalue weighted by molar-refractivity contribution is 0.414. The molecular formula is C15H14Cl2O. The molecule has 2 aromatic rings. The van der Waals surface area contributed by atoms with E-state index >= 15 is 0 Å². The third kappa shape index (κ3) is 3.18. The zero-order chi connectivity index (χ0) is 13.0. The van der Waals surface area contributed by atoms with E-state index in [0.717, 1.165) is 24.2 Å². The van der Waals surface area contributed by atoms with Gasteiger partial charge in [-0.2, -0.15) is 0 Å². The van der Waals surface area contributed by atoms with Crippen molar-refractivity contribution in [1.82, 2.24) is 0 Å². The topological polar surface area (TPSA) is 9.23 Å². The first-order valence-electron chi connectivity index (χ1n) is 5.76. The van der Waals surface area contributed by atoms with Crippen LogP contribution in [0.15, 0.2) is 42.5 Å². The number of ether oxygens (including phenoxy) is 1. The highest BCUT2D eigenvalue weighted by Crippen LogP contribution is 2.26. The number of aryl methyl sites for hydroxylation is 2. The van der Waals surface area contributed by atoms with E-state index in [2.05, 4.69) is 12.1 Å². The van der Waals surface area contributed by atoms with Gasteiger partial charge in [-0.1, -0.05) is 47.5 Å². The Hall–Kier alpha value is -1.18. The van der Waals surface area contributed by atoms with Crippen molar-refractivity contribution < 1.29 is 4.74 Å². The second-order valence-corrected chi connectivity index (χ2v) is 4.85. The summed E-state index contributed by atoms with van der Waals surface area (Å²) < 4.78 is 5.13. The summed E-state index contributed by atoms with van der Waals surface area (Å²) in [6.45, 7) is 0. The molecule has 0 saturated carbocycles. The predicted molar refractivity (Wildman–Crippen MR) is 76.9 cm³/mol. The molecule has 0 heterocycles. The Labute approximate surface area is 117 Å². The first kappa shape index (κ1) is 13.3. The summed E-state index contributed by atoms with van der Waals surface area (Å²) in [4.78, 5) is 0. The maximum Gasteiger partial charge on any atom is 0.118 e. The van der Waals surface area contributed by atoms with Gasteiger partial charge in [0.15, 0.2) is 0 Å². The summed E-state index contributed by atoms with van der Waals surface area (Å²) in [7, 11) is 1.67. The van der Waals surface area contributed by atoms with Gasteiger partial charge in [-0.25, -0.2) is 0 Å². The minimum atomic E-state index is 0.615. The summed E-state index contributed by atoms with van der Waals surface area (Å²) in [6.07, 6.45) is 1.82. The van der Waals surface area contributed by atoms with Gasteiger partial charge in [-0.15, -0.1) is 0 Å². The van der Waals surface area contributed by atoms with Crippen LogP contribution < -0.4 is 4.74 Å². The van der Waals surface area contributed by atoms with Crippen molar-refractivity contribution >= 4 is 23.2 Å². The van der Waals surface area contributed by atoms with Crippen LogP contribution in [0.1, 0.15) is 11.1 Å². The SMILES string of the molecule is COc1ccc(CCc2cccc(Cl)c2Cl)cc1. The van der Waals surface area contributed by atoms with Crippen LogP contribution in [0.2, 0.25) is 10.0 Å². The van der Waals surface area contributed by atoms with Gasteiger partial charge in [0, 0.05) is 0 Å². The molecule has 0 unspecified atom stereocenters. The van der Waals surface area contributed by atoms with Crippen molar-refractivity contribution in [1.29, 1.82) is 0 Å². The quantitative estimate of drug-likeness (QED) is 0.783. The molecule has 18 heavy (non-hydrogen) atoms. The van der Waals surface area contributed by atoms with Crippen molar-refractivity contribution in [2.45, 2.75) is 12.8 Å². The Balaban J connectivity index is 2.04. The van der Waals surface area contributed by atoms with Crippen LogP contribution in [0.5, 0.6) is 5.75 Å². The molecule has 0 radical (unpaired) electrons. The lowest BCUT2D eigenvalue weighted by atomic mass is 10.0. The van der Waals surface area contributed by atoms with Gasteiger partial charge < -0.3 is 4.74 Å². The molecule has 0 spiro atoms. The zero-order valence-corrected chi connectivity index (χ0v) is 11.6. The molecule has 0 bridgehead atoms. The Morgan fingerprint density at radius 2 is 1.67 bits per heavy atom. The molecule has 3 heteroatoms. The fraction of sp³-hybridized carbons (Fsp3) is 0.200. The number of rotatable bonds is 4. The van der Waals surface area contributed by atoms with Gasteiger partial charge in [-0.3, -0.25) is 0 Å². The number of halogens is 2. The Bertz CT molecular complexity index is 521. The molecule has 0 aromatic heterocycles. The molecule has 0 fully saturated rings. The molecule has 1 nitrogen and oxygen atoms in total. The normalized spacial score (nSPS) is 10.4. The van der Waals surface area contributed by atoms with Crippen LogP contribution in [0.3, 0.4) is 0 Å².